The first-order valence-corrected chi connectivity index (χ1v) is 8.52. The number of oxime groups is 1. The van der Waals surface area contributed by atoms with Gasteiger partial charge in [-0.3, -0.25) is 0 Å². The van der Waals surface area contributed by atoms with Crippen molar-refractivity contribution in [1.82, 2.24) is 5.06 Å². The summed E-state index contributed by atoms with van der Waals surface area (Å²) in [6, 6.07) is 9.31. The highest BCUT2D eigenvalue weighted by atomic mass is 16.7. The van der Waals surface area contributed by atoms with Gasteiger partial charge in [0.1, 0.15) is 6.61 Å². The number of hydroxylamine groups is 2. The van der Waals surface area contributed by atoms with Gasteiger partial charge in [0.15, 0.2) is 0 Å². The van der Waals surface area contributed by atoms with Crippen molar-refractivity contribution in [2.75, 3.05) is 13.2 Å². The zero-order valence-electron chi connectivity index (χ0n) is 14.0. The number of hydrogen-bond acceptors (Lipinski definition) is 6. The molecule has 8 nitrogen and oxygen atoms in total. The van der Waals surface area contributed by atoms with Crippen molar-refractivity contribution < 1.29 is 14.5 Å². The van der Waals surface area contributed by atoms with E-state index < -0.39 is 0 Å². The van der Waals surface area contributed by atoms with Gasteiger partial charge < -0.3 is 9.68 Å². The molecule has 2 heterocycles. The minimum absolute atomic E-state index is 0.139. The fourth-order valence-corrected chi connectivity index (χ4v) is 3.36. The van der Waals surface area contributed by atoms with Gasteiger partial charge in [-0.1, -0.05) is 34.9 Å². The number of carbonyl (C=O) groups excluding carboxylic acids is 1. The standard InChI is InChI=1S/C17H21N5O3/c18-21-19-9-10-24-20-14-11-15-7-4-8-16(12-14)22(15)25-17(23)13-5-2-1-3-6-13/h1-3,5-6,15-16H,4,7-12H2. The van der Waals surface area contributed by atoms with E-state index in [-0.39, 0.29) is 31.2 Å². The average molecular weight is 343 g/mol. The van der Waals surface area contributed by atoms with Crippen LogP contribution in [0.5, 0.6) is 0 Å². The molecule has 0 aliphatic carbocycles. The van der Waals surface area contributed by atoms with Crippen LogP contribution in [-0.2, 0) is 9.68 Å². The third-order valence-corrected chi connectivity index (χ3v) is 4.47. The van der Waals surface area contributed by atoms with Gasteiger partial charge in [-0.15, -0.1) is 5.06 Å². The molecule has 0 saturated carbocycles. The average Bonchev–Trinajstić information content (AvgIpc) is 2.62. The number of fused-ring (bicyclic) bond motifs is 2. The van der Waals surface area contributed by atoms with Crippen LogP contribution in [0.1, 0.15) is 42.5 Å². The molecule has 2 unspecified atom stereocenters. The van der Waals surface area contributed by atoms with E-state index in [0.717, 1.165) is 37.8 Å². The van der Waals surface area contributed by atoms with Crippen molar-refractivity contribution in [1.29, 1.82) is 0 Å². The Kier molecular flexibility index (Phi) is 5.87. The third kappa shape index (κ3) is 4.49. The Balaban J connectivity index is 1.59. The van der Waals surface area contributed by atoms with E-state index in [1.807, 2.05) is 23.3 Å². The molecule has 1 aromatic carbocycles. The predicted molar refractivity (Wildman–Crippen MR) is 91.8 cm³/mol. The van der Waals surface area contributed by atoms with Crippen LogP contribution in [-0.4, -0.2) is 42.0 Å². The minimum Gasteiger partial charge on any atom is -0.396 e. The van der Waals surface area contributed by atoms with E-state index >= 15 is 0 Å². The van der Waals surface area contributed by atoms with Gasteiger partial charge >= 0.3 is 5.97 Å². The Labute approximate surface area is 146 Å². The maximum Gasteiger partial charge on any atom is 0.357 e. The van der Waals surface area contributed by atoms with Crippen LogP contribution in [0.2, 0.25) is 0 Å². The van der Waals surface area contributed by atoms with Crippen molar-refractivity contribution in [2.24, 2.45) is 10.3 Å². The zero-order valence-corrected chi connectivity index (χ0v) is 14.0. The van der Waals surface area contributed by atoms with Crippen LogP contribution in [0.15, 0.2) is 40.6 Å². The second-order valence-electron chi connectivity index (χ2n) is 6.20. The van der Waals surface area contributed by atoms with Crippen molar-refractivity contribution >= 4 is 11.7 Å². The molecule has 2 fully saturated rings. The van der Waals surface area contributed by atoms with Gasteiger partial charge in [0.2, 0.25) is 0 Å². The molecule has 0 radical (unpaired) electrons. The lowest BCUT2D eigenvalue weighted by Crippen LogP contribution is -2.52. The van der Waals surface area contributed by atoms with Gasteiger partial charge in [-0.05, 0) is 30.5 Å². The van der Waals surface area contributed by atoms with E-state index in [1.165, 1.54) is 0 Å². The fourth-order valence-electron chi connectivity index (χ4n) is 3.36. The van der Waals surface area contributed by atoms with Crippen LogP contribution >= 0.6 is 0 Å². The summed E-state index contributed by atoms with van der Waals surface area (Å²) in [5.74, 6) is -0.316. The summed E-state index contributed by atoms with van der Waals surface area (Å²) in [4.78, 5) is 25.9. The quantitative estimate of drug-likeness (QED) is 0.259. The van der Waals surface area contributed by atoms with Gasteiger partial charge in [-0.25, -0.2) is 4.79 Å². The first-order chi connectivity index (χ1) is 12.3. The molecule has 0 spiro atoms. The van der Waals surface area contributed by atoms with E-state index in [9.17, 15) is 4.79 Å². The Morgan fingerprint density at radius 1 is 1.24 bits per heavy atom. The van der Waals surface area contributed by atoms with Crippen molar-refractivity contribution in [2.45, 2.75) is 44.2 Å². The first-order valence-electron chi connectivity index (χ1n) is 8.52. The highest BCUT2D eigenvalue weighted by Gasteiger charge is 2.39. The van der Waals surface area contributed by atoms with E-state index in [0.29, 0.717) is 5.56 Å². The molecular weight excluding hydrogens is 322 g/mol. The summed E-state index contributed by atoms with van der Waals surface area (Å²) >= 11 is 0. The minimum atomic E-state index is -0.316. The lowest BCUT2D eigenvalue weighted by atomic mass is 9.85. The molecule has 8 heteroatoms. The molecule has 0 aromatic heterocycles. The van der Waals surface area contributed by atoms with Crippen LogP contribution in [0.25, 0.3) is 10.4 Å². The largest absolute Gasteiger partial charge is 0.396 e. The van der Waals surface area contributed by atoms with Crippen LogP contribution < -0.4 is 0 Å². The molecule has 2 bridgehead atoms. The molecule has 0 amide bonds. The Hall–Kier alpha value is -2.57. The summed E-state index contributed by atoms with van der Waals surface area (Å²) in [6.07, 6.45) is 4.51. The topological polar surface area (TPSA) is 99.9 Å². The third-order valence-electron chi connectivity index (χ3n) is 4.47. The van der Waals surface area contributed by atoms with Crippen molar-refractivity contribution in [3.8, 4) is 0 Å². The second kappa shape index (κ2) is 8.50. The maximum absolute atomic E-state index is 12.3. The van der Waals surface area contributed by atoms with Gasteiger partial charge in [0.05, 0.1) is 29.9 Å². The predicted octanol–water partition coefficient (Wildman–Crippen LogP) is 3.46. The zero-order chi connectivity index (χ0) is 17.5. The molecule has 132 valence electrons. The molecule has 0 N–H and O–H groups in total. The summed E-state index contributed by atoms with van der Waals surface area (Å²) in [7, 11) is 0. The molecule has 2 atom stereocenters. The number of rotatable bonds is 6. The molecule has 25 heavy (non-hydrogen) atoms. The van der Waals surface area contributed by atoms with E-state index in [2.05, 4.69) is 15.2 Å². The van der Waals surface area contributed by atoms with Crippen LogP contribution in [0, 0.1) is 0 Å². The number of nitrogens with zero attached hydrogens (tertiary/aromatic N) is 5. The van der Waals surface area contributed by atoms with Crippen LogP contribution in [0.4, 0.5) is 0 Å². The summed E-state index contributed by atoms with van der Waals surface area (Å²) in [5, 5.41) is 9.44. The SMILES string of the molecule is [N-]=[N+]=NCCON=C1CC2CCCC(C1)N2OC(=O)c1ccccc1. The number of piperidine rings is 2. The highest BCUT2D eigenvalue weighted by Crippen LogP contribution is 2.33. The van der Waals surface area contributed by atoms with E-state index in [4.69, 9.17) is 15.2 Å². The Morgan fingerprint density at radius 2 is 1.96 bits per heavy atom. The smallest absolute Gasteiger partial charge is 0.357 e. The summed E-state index contributed by atoms with van der Waals surface area (Å²) < 4.78 is 0. The van der Waals surface area contributed by atoms with E-state index in [1.54, 1.807) is 12.1 Å². The van der Waals surface area contributed by atoms with Crippen LogP contribution in [0.3, 0.4) is 0 Å². The number of carbonyl (C=O) groups is 1. The normalized spacial score (nSPS) is 22.6. The number of benzene rings is 1. The van der Waals surface area contributed by atoms with Crippen molar-refractivity contribution in [3.63, 3.8) is 0 Å². The van der Waals surface area contributed by atoms with Gasteiger partial charge in [-0.2, -0.15) is 0 Å². The second-order valence-corrected chi connectivity index (χ2v) is 6.20. The molecule has 2 saturated heterocycles. The Bertz CT molecular complexity index is 656. The molecular formula is C17H21N5O3. The van der Waals surface area contributed by atoms with Gasteiger partial charge in [0.25, 0.3) is 0 Å². The molecule has 2 aliphatic heterocycles. The van der Waals surface area contributed by atoms with Crippen molar-refractivity contribution in [3.05, 3.63) is 46.3 Å². The van der Waals surface area contributed by atoms with Gasteiger partial charge in [0, 0.05) is 17.8 Å². The lowest BCUT2D eigenvalue weighted by molar-refractivity contribution is -0.183. The number of hydrogen-bond donors (Lipinski definition) is 0. The monoisotopic (exact) mass is 343 g/mol. The molecule has 1 aromatic rings. The number of azide groups is 1. The maximum atomic E-state index is 12.3. The Morgan fingerprint density at radius 3 is 2.64 bits per heavy atom. The summed E-state index contributed by atoms with van der Waals surface area (Å²) in [6.45, 7) is 0.538. The lowest BCUT2D eigenvalue weighted by Gasteiger charge is -2.43. The first kappa shape index (κ1) is 17.3. The fraction of sp³-hybridized carbons (Fsp3) is 0.529. The summed E-state index contributed by atoms with van der Waals surface area (Å²) in [5.41, 5.74) is 9.76. The molecule has 3 rings (SSSR count). The highest BCUT2D eigenvalue weighted by molar-refractivity contribution is 5.89. The molecule has 2 aliphatic rings.